The molecular formula is C12H23N3. The van der Waals surface area contributed by atoms with Gasteiger partial charge in [-0.15, -0.1) is 0 Å². The minimum Gasteiger partial charge on any atom is -0.328 e. The Hall–Kier alpha value is -0.830. The van der Waals surface area contributed by atoms with Crippen molar-refractivity contribution in [2.45, 2.75) is 51.5 Å². The van der Waals surface area contributed by atoms with Crippen LogP contribution in [-0.2, 0) is 13.5 Å². The molecule has 3 nitrogen and oxygen atoms in total. The molecule has 15 heavy (non-hydrogen) atoms. The molecule has 1 heterocycles. The van der Waals surface area contributed by atoms with Gasteiger partial charge in [-0.1, -0.05) is 19.8 Å². The molecule has 0 aliphatic rings. The van der Waals surface area contributed by atoms with Gasteiger partial charge in [-0.3, -0.25) is 4.68 Å². The van der Waals surface area contributed by atoms with Gasteiger partial charge in [0.05, 0.1) is 0 Å². The van der Waals surface area contributed by atoms with Gasteiger partial charge in [0, 0.05) is 25.0 Å². The van der Waals surface area contributed by atoms with Gasteiger partial charge in [-0.2, -0.15) is 5.10 Å². The van der Waals surface area contributed by atoms with E-state index in [2.05, 4.69) is 18.1 Å². The first-order chi connectivity index (χ1) is 7.24. The van der Waals surface area contributed by atoms with Crippen molar-refractivity contribution in [1.82, 2.24) is 9.78 Å². The van der Waals surface area contributed by atoms with E-state index in [0.717, 1.165) is 19.3 Å². The summed E-state index contributed by atoms with van der Waals surface area (Å²) in [6.07, 6.45) is 8.94. The average Bonchev–Trinajstić information content (AvgIpc) is 2.60. The van der Waals surface area contributed by atoms with Crippen LogP contribution in [0.25, 0.3) is 0 Å². The van der Waals surface area contributed by atoms with Crippen molar-refractivity contribution >= 4 is 0 Å². The number of hydrogen-bond donors (Lipinski definition) is 1. The number of nitrogens with two attached hydrogens (primary N) is 1. The van der Waals surface area contributed by atoms with Gasteiger partial charge < -0.3 is 5.73 Å². The van der Waals surface area contributed by atoms with Crippen molar-refractivity contribution in [2.75, 3.05) is 0 Å². The topological polar surface area (TPSA) is 43.8 Å². The second-order valence-electron chi connectivity index (χ2n) is 4.24. The average molecular weight is 209 g/mol. The predicted octanol–water partition coefficient (Wildman–Crippen LogP) is 2.26. The van der Waals surface area contributed by atoms with Crippen LogP contribution in [-0.4, -0.2) is 15.8 Å². The molecule has 0 spiro atoms. The van der Waals surface area contributed by atoms with E-state index in [9.17, 15) is 0 Å². The molecule has 0 aliphatic carbocycles. The molecule has 0 fully saturated rings. The van der Waals surface area contributed by atoms with E-state index in [0.29, 0.717) is 6.04 Å². The van der Waals surface area contributed by atoms with Crippen LogP contribution in [0.1, 0.15) is 44.7 Å². The fraction of sp³-hybridized carbons (Fsp3) is 0.750. The normalized spacial score (nSPS) is 13.0. The first-order valence-electron chi connectivity index (χ1n) is 5.96. The van der Waals surface area contributed by atoms with Crippen molar-refractivity contribution in [3.05, 3.63) is 18.0 Å². The maximum absolute atomic E-state index is 5.96. The Morgan fingerprint density at radius 1 is 1.40 bits per heavy atom. The molecule has 1 unspecified atom stereocenters. The molecule has 86 valence electrons. The summed E-state index contributed by atoms with van der Waals surface area (Å²) in [7, 11) is 2.00. The predicted molar refractivity (Wildman–Crippen MR) is 63.6 cm³/mol. The molecule has 1 rings (SSSR count). The van der Waals surface area contributed by atoms with Crippen molar-refractivity contribution in [3.8, 4) is 0 Å². The van der Waals surface area contributed by atoms with Crippen LogP contribution >= 0.6 is 0 Å². The smallest absolute Gasteiger partial charge is 0.0492 e. The first kappa shape index (κ1) is 12.2. The Morgan fingerprint density at radius 2 is 2.20 bits per heavy atom. The van der Waals surface area contributed by atoms with E-state index in [1.807, 2.05) is 17.9 Å². The minimum atomic E-state index is 0.404. The number of aromatic nitrogens is 2. The largest absolute Gasteiger partial charge is 0.328 e. The van der Waals surface area contributed by atoms with Gasteiger partial charge in [0.1, 0.15) is 0 Å². The van der Waals surface area contributed by atoms with E-state index in [1.165, 1.54) is 25.0 Å². The number of aryl methyl sites for hydroxylation is 2. The fourth-order valence-electron chi connectivity index (χ4n) is 1.87. The van der Waals surface area contributed by atoms with Gasteiger partial charge in [0.25, 0.3) is 0 Å². The molecule has 0 aliphatic heterocycles. The third-order valence-electron chi connectivity index (χ3n) is 2.84. The van der Waals surface area contributed by atoms with Crippen LogP contribution in [0, 0.1) is 0 Å². The Labute approximate surface area is 92.7 Å². The Balaban J connectivity index is 2.09. The van der Waals surface area contributed by atoms with Crippen LogP contribution in [0.2, 0.25) is 0 Å². The maximum atomic E-state index is 5.96. The standard InChI is InChI=1S/C12H23N3/c1-3-6-11(13)7-4-5-8-12-9-10-14-15(12)2/h9-11H,3-8,13H2,1-2H3. The Bertz CT molecular complexity index is 268. The van der Waals surface area contributed by atoms with Crippen LogP contribution in [0.4, 0.5) is 0 Å². The van der Waals surface area contributed by atoms with Crippen molar-refractivity contribution in [3.63, 3.8) is 0 Å². The number of hydrogen-bond acceptors (Lipinski definition) is 2. The van der Waals surface area contributed by atoms with Crippen LogP contribution in [0.5, 0.6) is 0 Å². The second kappa shape index (κ2) is 6.62. The van der Waals surface area contributed by atoms with Gasteiger partial charge in [-0.05, 0) is 31.7 Å². The zero-order valence-electron chi connectivity index (χ0n) is 9.95. The Morgan fingerprint density at radius 3 is 2.80 bits per heavy atom. The van der Waals surface area contributed by atoms with Crippen LogP contribution in [0.3, 0.4) is 0 Å². The van der Waals surface area contributed by atoms with E-state index < -0.39 is 0 Å². The number of unbranched alkanes of at least 4 members (excludes halogenated alkanes) is 1. The summed E-state index contributed by atoms with van der Waals surface area (Å²) in [6, 6.07) is 2.49. The zero-order valence-corrected chi connectivity index (χ0v) is 9.95. The summed E-state index contributed by atoms with van der Waals surface area (Å²) in [5.74, 6) is 0. The van der Waals surface area contributed by atoms with Gasteiger partial charge in [-0.25, -0.2) is 0 Å². The summed E-state index contributed by atoms with van der Waals surface area (Å²) < 4.78 is 1.95. The highest BCUT2D eigenvalue weighted by Crippen LogP contribution is 2.08. The lowest BCUT2D eigenvalue weighted by Gasteiger charge is -2.09. The summed E-state index contributed by atoms with van der Waals surface area (Å²) in [5, 5.41) is 4.15. The summed E-state index contributed by atoms with van der Waals surface area (Å²) in [4.78, 5) is 0. The molecule has 1 aromatic heterocycles. The number of nitrogens with zero attached hydrogens (tertiary/aromatic N) is 2. The molecule has 1 aromatic rings. The molecule has 3 heteroatoms. The van der Waals surface area contributed by atoms with E-state index in [4.69, 9.17) is 5.73 Å². The fourth-order valence-corrected chi connectivity index (χ4v) is 1.87. The highest BCUT2D eigenvalue weighted by atomic mass is 15.2. The third kappa shape index (κ3) is 4.47. The van der Waals surface area contributed by atoms with E-state index >= 15 is 0 Å². The molecule has 0 saturated carbocycles. The lowest BCUT2D eigenvalue weighted by molar-refractivity contribution is 0.522. The Kier molecular flexibility index (Phi) is 5.40. The minimum absolute atomic E-state index is 0.404. The molecule has 0 aromatic carbocycles. The van der Waals surface area contributed by atoms with Gasteiger partial charge >= 0.3 is 0 Å². The molecule has 0 bridgehead atoms. The molecule has 0 saturated heterocycles. The van der Waals surface area contributed by atoms with Crippen LogP contribution in [0.15, 0.2) is 12.3 Å². The number of rotatable bonds is 7. The van der Waals surface area contributed by atoms with E-state index in [1.54, 1.807) is 0 Å². The monoisotopic (exact) mass is 209 g/mol. The van der Waals surface area contributed by atoms with Gasteiger partial charge in [0.2, 0.25) is 0 Å². The highest BCUT2D eigenvalue weighted by molar-refractivity contribution is 4.99. The summed E-state index contributed by atoms with van der Waals surface area (Å²) >= 11 is 0. The lowest BCUT2D eigenvalue weighted by Crippen LogP contribution is -2.19. The SMILES string of the molecule is CCCC(N)CCCCc1ccnn1C. The van der Waals surface area contributed by atoms with Gasteiger partial charge in [0.15, 0.2) is 0 Å². The second-order valence-corrected chi connectivity index (χ2v) is 4.24. The molecular weight excluding hydrogens is 186 g/mol. The summed E-state index contributed by atoms with van der Waals surface area (Å²) in [5.41, 5.74) is 7.27. The van der Waals surface area contributed by atoms with Crippen molar-refractivity contribution in [1.29, 1.82) is 0 Å². The van der Waals surface area contributed by atoms with Crippen LogP contribution < -0.4 is 5.73 Å². The third-order valence-corrected chi connectivity index (χ3v) is 2.84. The molecule has 0 radical (unpaired) electrons. The lowest BCUT2D eigenvalue weighted by atomic mass is 10.0. The summed E-state index contributed by atoms with van der Waals surface area (Å²) in [6.45, 7) is 2.19. The zero-order chi connectivity index (χ0) is 11.1. The maximum Gasteiger partial charge on any atom is 0.0492 e. The molecule has 2 N–H and O–H groups in total. The highest BCUT2D eigenvalue weighted by Gasteiger charge is 2.02. The molecule has 1 atom stereocenters. The molecule has 0 amide bonds. The quantitative estimate of drug-likeness (QED) is 0.700. The van der Waals surface area contributed by atoms with Crippen molar-refractivity contribution in [2.24, 2.45) is 12.8 Å². The first-order valence-corrected chi connectivity index (χ1v) is 5.96. The van der Waals surface area contributed by atoms with Crippen molar-refractivity contribution < 1.29 is 0 Å². The van der Waals surface area contributed by atoms with E-state index in [-0.39, 0.29) is 0 Å².